The van der Waals surface area contributed by atoms with E-state index in [0.29, 0.717) is 26.2 Å². The van der Waals surface area contributed by atoms with E-state index in [1.807, 2.05) is 0 Å². The van der Waals surface area contributed by atoms with E-state index in [0.717, 1.165) is 0 Å². The van der Waals surface area contributed by atoms with Gasteiger partial charge in [0.05, 0.1) is 6.61 Å². The highest BCUT2D eigenvalue weighted by Gasteiger charge is 2.18. The zero-order chi connectivity index (χ0) is 13.4. The average molecular weight is 259 g/mol. The van der Waals surface area contributed by atoms with Gasteiger partial charge in [0.1, 0.15) is 0 Å². The standard InChI is InChI=1S/C9H17N5O4/c1-2-18-9(17)13-12-7(15)10-3-5-14-6-4-11-8(14)16/h2-6H2,1H3,(H,11,16)(H,13,17)(H2,10,12,15). The van der Waals surface area contributed by atoms with Gasteiger partial charge in [0.15, 0.2) is 0 Å². The van der Waals surface area contributed by atoms with E-state index < -0.39 is 12.1 Å². The lowest BCUT2D eigenvalue weighted by Crippen LogP contribution is -2.48. The molecule has 0 aliphatic carbocycles. The summed E-state index contributed by atoms with van der Waals surface area (Å²) in [6, 6.07) is -0.704. The first-order valence-electron chi connectivity index (χ1n) is 5.63. The lowest BCUT2D eigenvalue weighted by Gasteiger charge is -2.14. The number of ether oxygens (including phenoxy) is 1. The van der Waals surface area contributed by atoms with Crippen LogP contribution in [0.5, 0.6) is 0 Å². The number of urea groups is 2. The van der Waals surface area contributed by atoms with Gasteiger partial charge in [-0.25, -0.2) is 25.2 Å². The first kappa shape index (κ1) is 13.9. The van der Waals surface area contributed by atoms with Gasteiger partial charge >= 0.3 is 18.2 Å². The quantitative estimate of drug-likeness (QED) is 0.484. The van der Waals surface area contributed by atoms with E-state index in [-0.39, 0.29) is 12.6 Å². The Morgan fingerprint density at radius 2 is 2.22 bits per heavy atom. The van der Waals surface area contributed by atoms with E-state index >= 15 is 0 Å². The Hall–Kier alpha value is -2.19. The maximum atomic E-state index is 11.2. The van der Waals surface area contributed by atoms with Gasteiger partial charge < -0.3 is 20.3 Å². The van der Waals surface area contributed by atoms with Gasteiger partial charge in [-0.15, -0.1) is 0 Å². The van der Waals surface area contributed by atoms with Gasteiger partial charge in [-0.3, -0.25) is 0 Å². The number of nitrogens with zero attached hydrogens (tertiary/aromatic N) is 1. The molecule has 9 heteroatoms. The number of hydrazine groups is 1. The molecule has 1 heterocycles. The van der Waals surface area contributed by atoms with Crippen LogP contribution in [0.2, 0.25) is 0 Å². The third-order valence-corrected chi connectivity index (χ3v) is 2.17. The lowest BCUT2D eigenvalue weighted by atomic mass is 10.5. The molecule has 0 radical (unpaired) electrons. The van der Waals surface area contributed by atoms with Crippen molar-refractivity contribution in [3.05, 3.63) is 0 Å². The Morgan fingerprint density at radius 3 is 2.83 bits per heavy atom. The monoisotopic (exact) mass is 259 g/mol. The SMILES string of the molecule is CCOC(=O)NNC(=O)NCCN1CCNC1=O. The molecule has 1 fully saturated rings. The highest BCUT2D eigenvalue weighted by Crippen LogP contribution is 1.94. The molecule has 1 aliphatic rings. The molecule has 1 saturated heterocycles. The molecule has 18 heavy (non-hydrogen) atoms. The lowest BCUT2D eigenvalue weighted by molar-refractivity contribution is 0.147. The van der Waals surface area contributed by atoms with E-state index in [1.54, 1.807) is 11.8 Å². The van der Waals surface area contributed by atoms with Gasteiger partial charge in [-0.1, -0.05) is 0 Å². The van der Waals surface area contributed by atoms with Crippen LogP contribution in [-0.2, 0) is 4.74 Å². The summed E-state index contributed by atoms with van der Waals surface area (Å²) in [5.74, 6) is 0. The Bertz CT molecular complexity index is 322. The van der Waals surface area contributed by atoms with Crippen molar-refractivity contribution < 1.29 is 19.1 Å². The molecular formula is C9H17N5O4. The molecule has 1 aliphatic heterocycles. The molecule has 9 nitrogen and oxygen atoms in total. The zero-order valence-corrected chi connectivity index (χ0v) is 10.1. The Kier molecular flexibility index (Phi) is 5.55. The molecule has 1 rings (SSSR count). The predicted octanol–water partition coefficient (Wildman–Crippen LogP) is -1.03. The fourth-order valence-corrected chi connectivity index (χ4v) is 1.35. The van der Waals surface area contributed by atoms with E-state index in [1.165, 1.54) is 0 Å². The van der Waals surface area contributed by atoms with E-state index in [2.05, 4.69) is 26.2 Å². The normalized spacial score (nSPS) is 13.8. The van der Waals surface area contributed by atoms with Gasteiger partial charge in [-0.05, 0) is 6.92 Å². The fraction of sp³-hybridized carbons (Fsp3) is 0.667. The summed E-state index contributed by atoms with van der Waals surface area (Å²) < 4.78 is 4.54. The van der Waals surface area contributed by atoms with Crippen LogP contribution in [-0.4, -0.2) is 55.8 Å². The minimum Gasteiger partial charge on any atom is -0.449 e. The Morgan fingerprint density at radius 1 is 1.44 bits per heavy atom. The van der Waals surface area contributed by atoms with Crippen LogP contribution in [0.3, 0.4) is 0 Å². The van der Waals surface area contributed by atoms with Crippen molar-refractivity contribution in [2.24, 2.45) is 0 Å². The molecule has 0 atom stereocenters. The minimum absolute atomic E-state index is 0.137. The van der Waals surface area contributed by atoms with Crippen LogP contribution < -0.4 is 21.5 Å². The molecular weight excluding hydrogens is 242 g/mol. The van der Waals surface area contributed by atoms with Crippen molar-refractivity contribution >= 4 is 18.2 Å². The highest BCUT2D eigenvalue weighted by molar-refractivity contribution is 5.78. The van der Waals surface area contributed by atoms with Crippen LogP contribution in [0.25, 0.3) is 0 Å². The number of nitrogens with one attached hydrogen (secondary N) is 4. The third kappa shape index (κ3) is 4.76. The topological polar surface area (TPSA) is 112 Å². The second-order valence-corrected chi connectivity index (χ2v) is 3.45. The number of rotatable bonds is 4. The molecule has 0 aromatic carbocycles. The largest absolute Gasteiger partial charge is 0.449 e. The summed E-state index contributed by atoms with van der Waals surface area (Å²) in [4.78, 5) is 34.8. The van der Waals surface area contributed by atoms with Crippen LogP contribution in [0.1, 0.15) is 6.92 Å². The van der Waals surface area contributed by atoms with Crippen LogP contribution in [0.4, 0.5) is 14.4 Å². The summed E-state index contributed by atoms with van der Waals surface area (Å²) in [5, 5.41) is 5.13. The van der Waals surface area contributed by atoms with Gasteiger partial charge in [0.2, 0.25) is 0 Å². The molecule has 5 amide bonds. The zero-order valence-electron chi connectivity index (χ0n) is 10.1. The Balaban J connectivity index is 2.06. The van der Waals surface area contributed by atoms with Crippen LogP contribution in [0, 0.1) is 0 Å². The van der Waals surface area contributed by atoms with Crippen LogP contribution >= 0.6 is 0 Å². The van der Waals surface area contributed by atoms with Gasteiger partial charge in [-0.2, -0.15) is 0 Å². The Labute approximate surface area is 104 Å². The summed E-state index contributed by atoms with van der Waals surface area (Å²) in [5.41, 5.74) is 4.16. The van der Waals surface area contributed by atoms with Crippen molar-refractivity contribution in [2.45, 2.75) is 6.92 Å². The van der Waals surface area contributed by atoms with Gasteiger partial charge in [0, 0.05) is 26.2 Å². The molecule has 0 aromatic rings. The molecule has 0 bridgehead atoms. The summed E-state index contributed by atoms with van der Waals surface area (Å²) in [7, 11) is 0. The first-order chi connectivity index (χ1) is 8.63. The van der Waals surface area contributed by atoms with Crippen molar-refractivity contribution in [1.29, 1.82) is 0 Å². The maximum Gasteiger partial charge on any atom is 0.426 e. The minimum atomic E-state index is -0.730. The average Bonchev–Trinajstić information content (AvgIpc) is 2.73. The third-order valence-electron chi connectivity index (χ3n) is 2.17. The molecule has 102 valence electrons. The predicted molar refractivity (Wildman–Crippen MR) is 61.7 cm³/mol. The number of carbonyl (C=O) groups excluding carboxylic acids is 3. The number of carbonyl (C=O) groups is 3. The van der Waals surface area contributed by atoms with Crippen molar-refractivity contribution in [3.63, 3.8) is 0 Å². The summed E-state index contributed by atoms with van der Waals surface area (Å²) in [6.45, 7) is 3.83. The molecule has 0 aromatic heterocycles. The first-order valence-corrected chi connectivity index (χ1v) is 5.63. The number of hydrogen-bond donors (Lipinski definition) is 4. The smallest absolute Gasteiger partial charge is 0.426 e. The maximum absolute atomic E-state index is 11.2. The van der Waals surface area contributed by atoms with E-state index in [4.69, 9.17) is 0 Å². The highest BCUT2D eigenvalue weighted by atomic mass is 16.6. The summed E-state index contributed by atoms with van der Waals surface area (Å²) in [6.07, 6.45) is -0.730. The molecule has 0 saturated carbocycles. The van der Waals surface area contributed by atoms with Crippen LogP contribution in [0.15, 0.2) is 0 Å². The summed E-state index contributed by atoms with van der Waals surface area (Å²) >= 11 is 0. The van der Waals surface area contributed by atoms with E-state index in [9.17, 15) is 14.4 Å². The van der Waals surface area contributed by atoms with Crippen molar-refractivity contribution in [1.82, 2.24) is 26.4 Å². The number of amides is 5. The molecule has 4 N–H and O–H groups in total. The van der Waals surface area contributed by atoms with Crippen molar-refractivity contribution in [2.75, 3.05) is 32.8 Å². The van der Waals surface area contributed by atoms with Gasteiger partial charge in [0.25, 0.3) is 0 Å². The second kappa shape index (κ2) is 7.20. The molecule has 0 unspecified atom stereocenters. The molecule has 0 spiro atoms. The fourth-order valence-electron chi connectivity index (χ4n) is 1.35. The second-order valence-electron chi connectivity index (χ2n) is 3.45. The van der Waals surface area contributed by atoms with Crippen molar-refractivity contribution in [3.8, 4) is 0 Å². The number of hydrogen-bond acceptors (Lipinski definition) is 4.